The third-order valence-electron chi connectivity index (χ3n) is 6.33. The normalized spacial score (nSPS) is 36.1. The standard InChI is InChI=1S/C20H32O2/c1-13(2)18(21)10-11-20(5)12-16-14(3)7-9-19(22)15(4)6-8-17(16)20/h13,15-17H,3,6-12H2,1-2,4-5H3/t15-,16-,17-,20-/m0/s1. The molecule has 0 aliphatic heterocycles. The van der Waals surface area contributed by atoms with Crippen molar-refractivity contribution < 1.29 is 9.59 Å². The maximum Gasteiger partial charge on any atom is 0.136 e. The fraction of sp³-hybridized carbons (Fsp3) is 0.800. The van der Waals surface area contributed by atoms with Gasteiger partial charge < -0.3 is 0 Å². The van der Waals surface area contributed by atoms with E-state index in [0.717, 1.165) is 32.1 Å². The number of Topliss-reactive ketones (excluding diaryl/α,β-unsaturated/α-hetero) is 2. The smallest absolute Gasteiger partial charge is 0.136 e. The van der Waals surface area contributed by atoms with Crippen molar-refractivity contribution in [2.45, 2.75) is 72.6 Å². The van der Waals surface area contributed by atoms with Gasteiger partial charge in [0.2, 0.25) is 0 Å². The summed E-state index contributed by atoms with van der Waals surface area (Å²) in [4.78, 5) is 24.0. The Hall–Kier alpha value is -0.920. The summed E-state index contributed by atoms with van der Waals surface area (Å²) in [6, 6.07) is 0. The van der Waals surface area contributed by atoms with Crippen LogP contribution in [0.15, 0.2) is 12.2 Å². The lowest BCUT2D eigenvalue weighted by Gasteiger charge is -2.55. The molecular formula is C20H32O2. The van der Waals surface area contributed by atoms with Crippen LogP contribution >= 0.6 is 0 Å². The third-order valence-corrected chi connectivity index (χ3v) is 6.33. The molecule has 2 aliphatic carbocycles. The minimum Gasteiger partial charge on any atom is -0.299 e. The highest BCUT2D eigenvalue weighted by molar-refractivity contribution is 5.81. The Balaban J connectivity index is 2.03. The number of carbonyl (C=O) groups is 2. The predicted molar refractivity (Wildman–Crippen MR) is 90.6 cm³/mol. The van der Waals surface area contributed by atoms with E-state index in [9.17, 15) is 9.59 Å². The van der Waals surface area contributed by atoms with E-state index in [0.29, 0.717) is 36.2 Å². The number of ketones is 2. The molecule has 0 saturated heterocycles. The van der Waals surface area contributed by atoms with Crippen molar-refractivity contribution in [1.29, 1.82) is 0 Å². The Morgan fingerprint density at radius 2 is 2.00 bits per heavy atom. The van der Waals surface area contributed by atoms with Crippen LogP contribution in [-0.2, 0) is 9.59 Å². The van der Waals surface area contributed by atoms with Gasteiger partial charge in [0.05, 0.1) is 0 Å². The van der Waals surface area contributed by atoms with Crippen LogP contribution < -0.4 is 0 Å². The van der Waals surface area contributed by atoms with Gasteiger partial charge in [-0.2, -0.15) is 0 Å². The second-order valence-electron chi connectivity index (χ2n) is 8.30. The van der Waals surface area contributed by atoms with Gasteiger partial charge in [0.25, 0.3) is 0 Å². The highest BCUT2D eigenvalue weighted by Crippen LogP contribution is 2.59. The molecule has 0 aromatic carbocycles. The van der Waals surface area contributed by atoms with Crippen LogP contribution in [0, 0.1) is 29.1 Å². The van der Waals surface area contributed by atoms with Crippen molar-refractivity contribution in [3.8, 4) is 0 Å². The summed E-state index contributed by atoms with van der Waals surface area (Å²) in [5.74, 6) is 2.32. The van der Waals surface area contributed by atoms with Crippen LogP contribution in [0.4, 0.5) is 0 Å². The van der Waals surface area contributed by atoms with Crippen LogP contribution in [-0.4, -0.2) is 11.6 Å². The second kappa shape index (κ2) is 6.68. The molecule has 2 heteroatoms. The zero-order valence-electron chi connectivity index (χ0n) is 14.8. The highest BCUT2D eigenvalue weighted by Gasteiger charge is 2.50. The third kappa shape index (κ3) is 3.52. The molecule has 0 amide bonds. The maximum atomic E-state index is 12.1. The first kappa shape index (κ1) is 17.4. The highest BCUT2D eigenvalue weighted by atomic mass is 16.1. The van der Waals surface area contributed by atoms with Crippen LogP contribution in [0.25, 0.3) is 0 Å². The van der Waals surface area contributed by atoms with Crippen molar-refractivity contribution in [1.82, 2.24) is 0 Å². The summed E-state index contributed by atoms with van der Waals surface area (Å²) >= 11 is 0. The van der Waals surface area contributed by atoms with E-state index in [2.05, 4.69) is 20.4 Å². The van der Waals surface area contributed by atoms with Gasteiger partial charge in [0.15, 0.2) is 0 Å². The van der Waals surface area contributed by atoms with Gasteiger partial charge in [0.1, 0.15) is 11.6 Å². The summed E-state index contributed by atoms with van der Waals surface area (Å²) in [6.45, 7) is 12.7. The van der Waals surface area contributed by atoms with Gasteiger partial charge >= 0.3 is 0 Å². The number of allylic oxidation sites excluding steroid dienone is 1. The molecule has 0 aromatic heterocycles. The van der Waals surface area contributed by atoms with E-state index in [1.165, 1.54) is 5.57 Å². The first-order valence-corrected chi connectivity index (χ1v) is 8.97. The largest absolute Gasteiger partial charge is 0.299 e. The first-order chi connectivity index (χ1) is 10.2. The lowest BCUT2D eigenvalue weighted by molar-refractivity contribution is -0.124. The molecule has 4 atom stereocenters. The van der Waals surface area contributed by atoms with Gasteiger partial charge in [-0.25, -0.2) is 0 Å². The Labute approximate surface area is 135 Å². The molecule has 2 fully saturated rings. The second-order valence-corrected chi connectivity index (χ2v) is 8.30. The van der Waals surface area contributed by atoms with Crippen molar-refractivity contribution in [3.05, 3.63) is 12.2 Å². The average molecular weight is 304 g/mol. The topological polar surface area (TPSA) is 34.1 Å². The van der Waals surface area contributed by atoms with Gasteiger partial charge in [-0.3, -0.25) is 9.59 Å². The van der Waals surface area contributed by atoms with Gasteiger partial charge in [-0.15, -0.1) is 0 Å². The molecule has 0 spiro atoms. The van der Waals surface area contributed by atoms with E-state index in [-0.39, 0.29) is 17.3 Å². The van der Waals surface area contributed by atoms with E-state index >= 15 is 0 Å². The van der Waals surface area contributed by atoms with E-state index in [4.69, 9.17) is 0 Å². The molecule has 2 nitrogen and oxygen atoms in total. The summed E-state index contributed by atoms with van der Waals surface area (Å²) in [5, 5.41) is 0. The maximum absolute atomic E-state index is 12.1. The Kier molecular flexibility index (Phi) is 5.29. The lowest BCUT2D eigenvalue weighted by atomic mass is 9.50. The van der Waals surface area contributed by atoms with Crippen molar-refractivity contribution >= 4 is 11.6 Å². The molecule has 2 aliphatic rings. The number of hydrogen-bond donors (Lipinski definition) is 0. The van der Waals surface area contributed by atoms with Crippen molar-refractivity contribution in [2.24, 2.45) is 29.1 Å². The fourth-order valence-corrected chi connectivity index (χ4v) is 4.39. The molecule has 0 heterocycles. The Morgan fingerprint density at radius 3 is 2.64 bits per heavy atom. The van der Waals surface area contributed by atoms with Gasteiger partial charge in [-0.05, 0) is 49.4 Å². The van der Waals surface area contributed by atoms with E-state index < -0.39 is 0 Å². The van der Waals surface area contributed by atoms with E-state index in [1.807, 2.05) is 13.8 Å². The average Bonchev–Trinajstić information content (AvgIpc) is 2.49. The summed E-state index contributed by atoms with van der Waals surface area (Å²) in [6.07, 6.45) is 6.52. The van der Waals surface area contributed by atoms with Gasteiger partial charge in [0, 0.05) is 24.7 Å². The molecule has 0 aromatic rings. The van der Waals surface area contributed by atoms with Crippen LogP contribution in [0.1, 0.15) is 72.6 Å². The van der Waals surface area contributed by atoms with Crippen LogP contribution in [0.3, 0.4) is 0 Å². The first-order valence-electron chi connectivity index (χ1n) is 8.97. The summed E-state index contributed by atoms with van der Waals surface area (Å²) in [5.41, 5.74) is 1.55. The van der Waals surface area contributed by atoms with Gasteiger partial charge in [-0.1, -0.05) is 39.8 Å². The molecule has 22 heavy (non-hydrogen) atoms. The predicted octanol–water partition coefficient (Wildman–Crippen LogP) is 4.97. The number of hydrogen-bond acceptors (Lipinski definition) is 2. The molecule has 0 radical (unpaired) electrons. The lowest BCUT2D eigenvalue weighted by Crippen LogP contribution is -2.47. The van der Waals surface area contributed by atoms with Crippen molar-refractivity contribution in [3.63, 3.8) is 0 Å². The molecule has 0 N–H and O–H groups in total. The number of rotatable bonds is 4. The zero-order valence-corrected chi connectivity index (χ0v) is 14.8. The SMILES string of the molecule is C=C1CCC(=O)[C@@H](C)CC[C@H]2[C@H]1C[C@]2(C)CCC(=O)C(C)C. The Bertz CT molecular complexity index is 462. The Morgan fingerprint density at radius 1 is 1.32 bits per heavy atom. The number of carbonyl (C=O) groups excluding carboxylic acids is 2. The number of fused-ring (bicyclic) bond motifs is 1. The molecular weight excluding hydrogens is 272 g/mol. The van der Waals surface area contributed by atoms with E-state index in [1.54, 1.807) is 0 Å². The molecule has 0 bridgehead atoms. The zero-order chi connectivity index (χ0) is 16.5. The monoisotopic (exact) mass is 304 g/mol. The summed E-state index contributed by atoms with van der Waals surface area (Å²) in [7, 11) is 0. The van der Waals surface area contributed by atoms with Crippen LogP contribution in [0.2, 0.25) is 0 Å². The summed E-state index contributed by atoms with van der Waals surface area (Å²) < 4.78 is 0. The molecule has 2 rings (SSSR count). The van der Waals surface area contributed by atoms with Crippen molar-refractivity contribution in [2.75, 3.05) is 0 Å². The fourth-order valence-electron chi connectivity index (χ4n) is 4.39. The van der Waals surface area contributed by atoms with Crippen LogP contribution in [0.5, 0.6) is 0 Å². The quantitative estimate of drug-likeness (QED) is 0.687. The molecule has 124 valence electrons. The minimum absolute atomic E-state index is 0.146. The minimum atomic E-state index is 0.146. The molecule has 0 unspecified atom stereocenters. The molecule has 2 saturated carbocycles.